The highest BCUT2D eigenvalue weighted by atomic mass is 16.5. The minimum absolute atomic E-state index is 0.134. The lowest BCUT2D eigenvalue weighted by Gasteiger charge is -2.28. The minimum Gasteiger partial charge on any atom is -0.368 e. The highest BCUT2D eigenvalue weighted by Crippen LogP contribution is 2.22. The van der Waals surface area contributed by atoms with Gasteiger partial charge in [0.1, 0.15) is 5.60 Å². The summed E-state index contributed by atoms with van der Waals surface area (Å²) in [5.74, 6) is 0.625. The molecule has 0 saturated heterocycles. The fourth-order valence-corrected chi connectivity index (χ4v) is 1.41. The number of hydrogen-bond donors (Lipinski definition) is 0. The van der Waals surface area contributed by atoms with E-state index < -0.39 is 5.60 Å². The van der Waals surface area contributed by atoms with Gasteiger partial charge in [-0.05, 0) is 32.6 Å². The van der Waals surface area contributed by atoms with Crippen molar-refractivity contribution in [3.05, 3.63) is 0 Å². The van der Waals surface area contributed by atoms with E-state index in [1.165, 1.54) is 0 Å². The van der Waals surface area contributed by atoms with Gasteiger partial charge >= 0.3 is 0 Å². The highest BCUT2D eigenvalue weighted by Gasteiger charge is 2.31. The second-order valence-corrected chi connectivity index (χ2v) is 4.23. The molecule has 0 N–H and O–H groups in total. The molecule has 0 aliphatic carbocycles. The van der Waals surface area contributed by atoms with Crippen molar-refractivity contribution in [1.29, 1.82) is 0 Å². The molecular weight excluding hydrogens is 164 g/mol. The molecular formula is C11H22O2. The first-order valence-electron chi connectivity index (χ1n) is 5.07. The number of carbonyl (C=O) groups is 1. The van der Waals surface area contributed by atoms with Gasteiger partial charge in [0.2, 0.25) is 0 Å². The van der Waals surface area contributed by atoms with Gasteiger partial charge in [0.15, 0.2) is 5.78 Å². The molecule has 2 nitrogen and oxygen atoms in total. The zero-order chi connectivity index (χ0) is 10.5. The van der Waals surface area contributed by atoms with Crippen LogP contribution in [-0.4, -0.2) is 18.0 Å². The molecule has 0 radical (unpaired) electrons. The van der Waals surface area contributed by atoms with Crippen LogP contribution >= 0.6 is 0 Å². The SMILES string of the molecule is CCCOC(C)(CC(C)C)C(C)=O. The average molecular weight is 186 g/mol. The van der Waals surface area contributed by atoms with Crippen LogP contribution in [0.25, 0.3) is 0 Å². The molecule has 0 bridgehead atoms. The summed E-state index contributed by atoms with van der Waals surface area (Å²) >= 11 is 0. The predicted molar refractivity (Wildman–Crippen MR) is 54.8 cm³/mol. The Morgan fingerprint density at radius 2 is 2.00 bits per heavy atom. The number of ketones is 1. The molecule has 0 aromatic heterocycles. The van der Waals surface area contributed by atoms with Crippen molar-refractivity contribution >= 4 is 5.78 Å². The van der Waals surface area contributed by atoms with Gasteiger partial charge in [-0.15, -0.1) is 0 Å². The third-order valence-electron chi connectivity index (χ3n) is 2.17. The summed E-state index contributed by atoms with van der Waals surface area (Å²) < 4.78 is 5.60. The van der Waals surface area contributed by atoms with Crippen LogP contribution in [0.4, 0.5) is 0 Å². The third-order valence-corrected chi connectivity index (χ3v) is 2.17. The molecule has 0 spiro atoms. The summed E-state index contributed by atoms with van der Waals surface area (Å²) in [4.78, 5) is 11.4. The van der Waals surface area contributed by atoms with E-state index in [1.807, 2.05) is 6.92 Å². The van der Waals surface area contributed by atoms with Crippen LogP contribution in [0.15, 0.2) is 0 Å². The zero-order valence-corrected chi connectivity index (χ0v) is 9.52. The standard InChI is InChI=1S/C11H22O2/c1-6-7-13-11(5,10(4)12)8-9(2)3/h9H,6-8H2,1-5H3. The smallest absolute Gasteiger partial charge is 0.161 e. The van der Waals surface area contributed by atoms with E-state index in [0.29, 0.717) is 12.5 Å². The molecule has 0 saturated carbocycles. The summed E-state index contributed by atoms with van der Waals surface area (Å²) in [6.07, 6.45) is 1.77. The zero-order valence-electron chi connectivity index (χ0n) is 9.52. The topological polar surface area (TPSA) is 26.3 Å². The van der Waals surface area contributed by atoms with Gasteiger partial charge in [-0.2, -0.15) is 0 Å². The van der Waals surface area contributed by atoms with Gasteiger partial charge in [0, 0.05) is 6.61 Å². The Hall–Kier alpha value is -0.370. The molecule has 0 aliphatic rings. The molecule has 1 atom stereocenters. The van der Waals surface area contributed by atoms with Crippen LogP contribution in [0.1, 0.15) is 47.5 Å². The highest BCUT2D eigenvalue weighted by molar-refractivity contribution is 5.84. The maximum atomic E-state index is 11.4. The van der Waals surface area contributed by atoms with Gasteiger partial charge in [0.05, 0.1) is 0 Å². The van der Waals surface area contributed by atoms with Gasteiger partial charge in [0.25, 0.3) is 0 Å². The lowest BCUT2D eigenvalue weighted by atomic mass is 9.90. The molecule has 1 unspecified atom stereocenters. The summed E-state index contributed by atoms with van der Waals surface area (Å²) in [6, 6.07) is 0. The summed E-state index contributed by atoms with van der Waals surface area (Å²) in [5.41, 5.74) is -0.565. The van der Waals surface area contributed by atoms with Gasteiger partial charge < -0.3 is 4.74 Å². The van der Waals surface area contributed by atoms with Crippen LogP contribution in [0.2, 0.25) is 0 Å². The fraction of sp³-hybridized carbons (Fsp3) is 0.909. The van der Waals surface area contributed by atoms with Crippen molar-refractivity contribution in [2.75, 3.05) is 6.61 Å². The van der Waals surface area contributed by atoms with E-state index in [9.17, 15) is 4.79 Å². The Morgan fingerprint density at radius 1 is 1.46 bits per heavy atom. The number of rotatable bonds is 6. The molecule has 0 aromatic carbocycles. The van der Waals surface area contributed by atoms with Crippen LogP contribution in [0.5, 0.6) is 0 Å². The fourth-order valence-electron chi connectivity index (χ4n) is 1.41. The van der Waals surface area contributed by atoms with Crippen LogP contribution in [0, 0.1) is 5.92 Å². The first-order chi connectivity index (χ1) is 5.92. The predicted octanol–water partition coefficient (Wildman–Crippen LogP) is 2.81. The molecule has 0 heterocycles. The summed E-state index contributed by atoms with van der Waals surface area (Å²) in [6.45, 7) is 10.4. The first-order valence-corrected chi connectivity index (χ1v) is 5.07. The molecule has 2 heteroatoms. The number of hydrogen-bond acceptors (Lipinski definition) is 2. The molecule has 0 aliphatic heterocycles. The Bertz CT molecular complexity index is 163. The van der Waals surface area contributed by atoms with Crippen molar-refractivity contribution in [3.8, 4) is 0 Å². The van der Waals surface area contributed by atoms with E-state index >= 15 is 0 Å². The minimum atomic E-state index is -0.565. The van der Waals surface area contributed by atoms with Gasteiger partial charge in [-0.3, -0.25) is 4.79 Å². The van der Waals surface area contributed by atoms with Crippen LogP contribution in [0.3, 0.4) is 0 Å². The second kappa shape index (κ2) is 5.38. The first kappa shape index (κ1) is 12.6. The Morgan fingerprint density at radius 3 is 2.31 bits per heavy atom. The lowest BCUT2D eigenvalue weighted by Crippen LogP contribution is -2.38. The molecule has 13 heavy (non-hydrogen) atoms. The van der Waals surface area contributed by atoms with Crippen molar-refractivity contribution in [2.45, 2.75) is 53.1 Å². The van der Waals surface area contributed by atoms with Crippen molar-refractivity contribution < 1.29 is 9.53 Å². The van der Waals surface area contributed by atoms with E-state index in [-0.39, 0.29) is 5.78 Å². The van der Waals surface area contributed by atoms with Crippen molar-refractivity contribution in [3.63, 3.8) is 0 Å². The summed E-state index contributed by atoms with van der Waals surface area (Å²) in [7, 11) is 0. The molecule has 0 amide bonds. The second-order valence-electron chi connectivity index (χ2n) is 4.23. The Labute approximate surface area is 81.7 Å². The quantitative estimate of drug-likeness (QED) is 0.637. The summed E-state index contributed by atoms with van der Waals surface area (Å²) in [5, 5.41) is 0. The van der Waals surface area contributed by atoms with Crippen molar-refractivity contribution in [1.82, 2.24) is 0 Å². The lowest BCUT2D eigenvalue weighted by molar-refractivity contribution is -0.142. The number of ether oxygens (including phenoxy) is 1. The van der Waals surface area contributed by atoms with Crippen LogP contribution in [-0.2, 0) is 9.53 Å². The largest absolute Gasteiger partial charge is 0.368 e. The Kier molecular flexibility index (Phi) is 5.23. The van der Waals surface area contributed by atoms with E-state index in [2.05, 4.69) is 20.8 Å². The van der Waals surface area contributed by atoms with E-state index in [1.54, 1.807) is 6.92 Å². The molecule has 78 valence electrons. The number of Topliss-reactive ketones (excluding diaryl/α,β-unsaturated/α-hetero) is 1. The molecule has 0 fully saturated rings. The maximum Gasteiger partial charge on any atom is 0.161 e. The van der Waals surface area contributed by atoms with E-state index in [0.717, 1.165) is 12.8 Å². The third kappa shape index (κ3) is 4.41. The van der Waals surface area contributed by atoms with Crippen molar-refractivity contribution in [2.24, 2.45) is 5.92 Å². The normalized spacial score (nSPS) is 15.8. The number of carbonyl (C=O) groups excluding carboxylic acids is 1. The average Bonchev–Trinajstić information content (AvgIpc) is 1.99. The monoisotopic (exact) mass is 186 g/mol. The van der Waals surface area contributed by atoms with Crippen LogP contribution < -0.4 is 0 Å². The van der Waals surface area contributed by atoms with Gasteiger partial charge in [-0.1, -0.05) is 20.8 Å². The Balaban J connectivity index is 4.25. The maximum absolute atomic E-state index is 11.4. The van der Waals surface area contributed by atoms with E-state index in [4.69, 9.17) is 4.74 Å². The molecule has 0 rings (SSSR count). The molecule has 0 aromatic rings. The van der Waals surface area contributed by atoms with Gasteiger partial charge in [-0.25, -0.2) is 0 Å².